The predicted molar refractivity (Wildman–Crippen MR) is 182 cm³/mol. The van der Waals surface area contributed by atoms with Gasteiger partial charge in [-0.3, -0.25) is 14.2 Å². The molecular formula is C36H33N7O2. The highest BCUT2D eigenvalue weighted by molar-refractivity contribution is 6.02. The molecule has 6 aromatic rings. The highest BCUT2D eigenvalue weighted by atomic mass is 16.1. The minimum atomic E-state index is -0.646. The number of aliphatic imine (C=N–C) groups is 1. The molecule has 0 saturated carbocycles. The summed E-state index contributed by atoms with van der Waals surface area (Å²) < 4.78 is 5.28. The molecule has 0 aliphatic rings. The highest BCUT2D eigenvalue weighted by Gasteiger charge is 2.17. The van der Waals surface area contributed by atoms with Crippen LogP contribution in [0.15, 0.2) is 108 Å². The Hall–Kier alpha value is -6.14. The van der Waals surface area contributed by atoms with Crippen molar-refractivity contribution in [3.63, 3.8) is 0 Å². The van der Waals surface area contributed by atoms with Crippen LogP contribution in [0.1, 0.15) is 34.1 Å². The predicted octanol–water partition coefficient (Wildman–Crippen LogP) is 5.43. The molecule has 45 heavy (non-hydrogen) atoms. The van der Waals surface area contributed by atoms with Gasteiger partial charge in [-0.05, 0) is 42.1 Å². The van der Waals surface area contributed by atoms with Crippen molar-refractivity contribution >= 4 is 45.4 Å². The third-order valence-corrected chi connectivity index (χ3v) is 7.32. The van der Waals surface area contributed by atoms with Gasteiger partial charge in [0.05, 0.1) is 10.9 Å². The summed E-state index contributed by atoms with van der Waals surface area (Å²) in [7, 11) is 3.65. The molecule has 0 atom stereocenters. The van der Waals surface area contributed by atoms with Gasteiger partial charge >= 0.3 is 0 Å². The van der Waals surface area contributed by atoms with Gasteiger partial charge in [-0.25, -0.2) is 9.67 Å². The van der Waals surface area contributed by atoms with E-state index < -0.39 is 5.91 Å². The van der Waals surface area contributed by atoms with E-state index in [0.29, 0.717) is 11.2 Å². The van der Waals surface area contributed by atoms with Gasteiger partial charge in [0.25, 0.3) is 11.5 Å². The van der Waals surface area contributed by atoms with Crippen molar-refractivity contribution < 1.29 is 4.79 Å². The maximum absolute atomic E-state index is 13.6. The van der Waals surface area contributed by atoms with E-state index in [4.69, 9.17) is 11.5 Å². The van der Waals surface area contributed by atoms with Crippen LogP contribution in [-0.4, -0.2) is 31.0 Å². The number of nitrogen functional groups attached to an aromatic ring is 1. The summed E-state index contributed by atoms with van der Waals surface area (Å²) in [6.07, 6.45) is 5.73. The number of amides is 1. The Labute approximate surface area is 260 Å². The average molecular weight is 596 g/mol. The lowest BCUT2D eigenvalue weighted by Crippen LogP contribution is -2.22. The normalized spacial score (nSPS) is 10.8. The van der Waals surface area contributed by atoms with Crippen molar-refractivity contribution in [2.45, 2.75) is 13.3 Å². The fourth-order valence-electron chi connectivity index (χ4n) is 5.26. The number of nitrogens with zero attached hydrogens (tertiary/aromatic N) is 5. The van der Waals surface area contributed by atoms with Gasteiger partial charge in [0.1, 0.15) is 5.56 Å². The lowest BCUT2D eigenvalue weighted by atomic mass is 10.0. The largest absolute Gasteiger partial charge is 0.381 e. The summed E-state index contributed by atoms with van der Waals surface area (Å²) in [6.45, 7) is 5.53. The monoisotopic (exact) mass is 595 g/mol. The second kappa shape index (κ2) is 13.0. The van der Waals surface area contributed by atoms with Crippen LogP contribution in [0.4, 0.5) is 11.6 Å². The van der Waals surface area contributed by atoms with E-state index >= 15 is 0 Å². The van der Waals surface area contributed by atoms with Crippen molar-refractivity contribution in [1.29, 1.82) is 0 Å². The molecule has 1 amide bonds. The summed E-state index contributed by atoms with van der Waals surface area (Å²) in [4.78, 5) is 28.6. The zero-order valence-corrected chi connectivity index (χ0v) is 25.4. The van der Waals surface area contributed by atoms with Crippen molar-refractivity contribution in [1.82, 2.24) is 18.9 Å². The number of hydrogen-bond donors (Lipinski definition) is 2. The molecule has 0 saturated heterocycles. The Morgan fingerprint density at radius 2 is 1.71 bits per heavy atom. The summed E-state index contributed by atoms with van der Waals surface area (Å²) in [5.41, 5.74) is 15.4. The molecular weight excluding hydrogens is 562 g/mol. The Morgan fingerprint density at radius 3 is 2.42 bits per heavy atom. The average Bonchev–Trinajstić information content (AvgIpc) is 3.52. The van der Waals surface area contributed by atoms with Gasteiger partial charge in [0.15, 0.2) is 11.6 Å². The van der Waals surface area contributed by atoms with Crippen molar-refractivity contribution in [3.8, 4) is 17.5 Å². The summed E-state index contributed by atoms with van der Waals surface area (Å²) in [5, 5.41) is 6.54. The topological polar surface area (TPSA) is 126 Å². The zero-order chi connectivity index (χ0) is 32.1. The number of hydrogen-bond acceptors (Lipinski definition) is 5. The van der Waals surface area contributed by atoms with E-state index in [1.165, 1.54) is 17.0 Å². The van der Waals surface area contributed by atoms with Crippen LogP contribution in [-0.2, 0) is 20.5 Å². The second-order valence-electron chi connectivity index (χ2n) is 10.2. The van der Waals surface area contributed by atoms with Crippen molar-refractivity contribution in [2.75, 3.05) is 5.73 Å². The van der Waals surface area contributed by atoms with Crippen LogP contribution in [0.3, 0.4) is 0 Å². The molecule has 9 heteroatoms. The van der Waals surface area contributed by atoms with Crippen LogP contribution < -0.4 is 17.0 Å². The highest BCUT2D eigenvalue weighted by Crippen LogP contribution is 2.23. The first kappa shape index (κ1) is 30.3. The number of anilines is 1. The maximum Gasteiger partial charge on any atom is 0.264 e. The summed E-state index contributed by atoms with van der Waals surface area (Å²) >= 11 is 0. The zero-order valence-electron chi connectivity index (χ0n) is 25.4. The number of benzene rings is 3. The van der Waals surface area contributed by atoms with E-state index in [1.807, 2.05) is 78.5 Å². The molecule has 0 bridgehead atoms. The molecule has 0 fully saturated rings. The Bertz CT molecular complexity index is 2210. The summed E-state index contributed by atoms with van der Waals surface area (Å²) in [5.74, 6) is 6.36. The van der Waals surface area contributed by atoms with Crippen LogP contribution in [0.25, 0.3) is 27.4 Å². The molecule has 3 heterocycles. The van der Waals surface area contributed by atoms with Crippen molar-refractivity contribution in [3.05, 3.63) is 130 Å². The Balaban J connectivity index is 0.000000241. The smallest absolute Gasteiger partial charge is 0.264 e. The number of carbonyl (C=O) groups excluding carboxylic acids is 1. The SMILES string of the molecule is C=C/C=N\c1c(C(N)=O)c(N)nn1C.CCc1cc2cccc(C#Cc3cn(C)c4ccccc34)c2c(=O)n1-c1ccccc1. The minimum absolute atomic E-state index is 0.0247. The van der Waals surface area contributed by atoms with Gasteiger partial charge in [-0.1, -0.05) is 80.0 Å². The van der Waals surface area contributed by atoms with Gasteiger partial charge in [-0.15, -0.1) is 0 Å². The van der Waals surface area contributed by atoms with Crippen LogP contribution in [0.5, 0.6) is 0 Å². The lowest BCUT2D eigenvalue weighted by molar-refractivity contribution is 0.100. The first-order chi connectivity index (χ1) is 21.7. The number of carbonyl (C=O) groups is 1. The fourth-order valence-corrected chi connectivity index (χ4v) is 5.26. The molecule has 0 radical (unpaired) electrons. The number of allylic oxidation sites excluding steroid dienone is 1. The van der Waals surface area contributed by atoms with Gasteiger partial charge in [-0.2, -0.15) is 5.10 Å². The van der Waals surface area contributed by atoms with Crippen LogP contribution in [0, 0.1) is 11.8 Å². The molecule has 0 spiro atoms. The summed E-state index contributed by atoms with van der Waals surface area (Å²) in [6, 6.07) is 26.0. The molecule has 3 aromatic heterocycles. The molecule has 0 unspecified atom stereocenters. The first-order valence-electron chi connectivity index (χ1n) is 14.3. The molecule has 3 aromatic carbocycles. The van der Waals surface area contributed by atoms with E-state index in [0.717, 1.165) is 45.2 Å². The standard InChI is InChI=1S/C28H22N2O.C8H11N5O/c1-3-23-18-21-11-9-10-20(27(21)28(31)30(23)24-12-5-4-6-13-24)16-17-22-19-29(2)26-15-8-7-14-25(22)26;1-3-4-11-8-5(7(10)14)6(9)12-13(8)2/h4-15,18-19H,3H2,1-2H3;3-4H,1H2,2H3,(H2,9,12)(H2,10,14)/b;11-4-. The quantitative estimate of drug-likeness (QED) is 0.203. The number of aryl methyl sites for hydroxylation is 3. The number of rotatable bonds is 5. The molecule has 4 N–H and O–H groups in total. The molecule has 0 aliphatic heterocycles. The Kier molecular flexibility index (Phi) is 8.77. The van der Waals surface area contributed by atoms with Gasteiger partial charge in [0, 0.05) is 54.4 Å². The minimum Gasteiger partial charge on any atom is -0.381 e. The third-order valence-electron chi connectivity index (χ3n) is 7.32. The molecule has 224 valence electrons. The van der Waals surface area contributed by atoms with Gasteiger partial charge in [0.2, 0.25) is 0 Å². The second-order valence-corrected chi connectivity index (χ2v) is 10.2. The van der Waals surface area contributed by atoms with Gasteiger partial charge < -0.3 is 16.0 Å². The maximum atomic E-state index is 13.6. The number of nitrogens with two attached hydrogens (primary N) is 2. The van der Waals surface area contributed by atoms with E-state index in [2.05, 4.69) is 58.2 Å². The number of fused-ring (bicyclic) bond motifs is 2. The lowest BCUT2D eigenvalue weighted by Gasteiger charge is -2.14. The van der Waals surface area contributed by atoms with Crippen LogP contribution >= 0.6 is 0 Å². The Morgan fingerprint density at radius 1 is 1.00 bits per heavy atom. The number of pyridine rings is 1. The number of primary amides is 1. The number of aromatic nitrogens is 4. The van der Waals surface area contributed by atoms with E-state index in [-0.39, 0.29) is 16.9 Å². The fraction of sp³-hybridized carbons (Fsp3) is 0.111. The first-order valence-corrected chi connectivity index (χ1v) is 14.3. The van der Waals surface area contributed by atoms with E-state index in [1.54, 1.807) is 7.05 Å². The van der Waals surface area contributed by atoms with Crippen molar-refractivity contribution in [2.24, 2.45) is 24.8 Å². The molecule has 9 nitrogen and oxygen atoms in total. The van der Waals surface area contributed by atoms with Crippen LogP contribution in [0.2, 0.25) is 0 Å². The van der Waals surface area contributed by atoms with E-state index in [9.17, 15) is 9.59 Å². The third kappa shape index (κ3) is 6.03. The molecule has 6 rings (SSSR count). The number of para-hydroxylation sites is 2. The molecule has 0 aliphatic carbocycles.